The number of benzene rings is 1. The van der Waals surface area contributed by atoms with Crippen LogP contribution in [0.2, 0.25) is 0 Å². The van der Waals surface area contributed by atoms with Crippen LogP contribution >= 0.6 is 11.8 Å². The van der Waals surface area contributed by atoms with Gasteiger partial charge in [0.25, 0.3) is 0 Å². The van der Waals surface area contributed by atoms with E-state index in [1.807, 2.05) is 24.3 Å². The van der Waals surface area contributed by atoms with E-state index in [4.69, 9.17) is 10.8 Å². The molecule has 1 rings (SSSR count). The molecular formula is C13H21NO2S. The first-order chi connectivity index (χ1) is 8.19. The molecule has 0 spiro atoms. The third kappa shape index (κ3) is 4.68. The van der Waals surface area contributed by atoms with Gasteiger partial charge >= 0.3 is 0 Å². The second-order valence-corrected chi connectivity index (χ2v) is 5.21. The molecule has 4 heteroatoms. The SMILES string of the molecule is CCCSc1ccc(C(O)C(N)CCO)cc1. The minimum Gasteiger partial charge on any atom is -0.396 e. The van der Waals surface area contributed by atoms with Gasteiger partial charge in [0.1, 0.15) is 0 Å². The molecule has 0 amide bonds. The summed E-state index contributed by atoms with van der Waals surface area (Å²) >= 11 is 1.81. The molecule has 0 aliphatic heterocycles. The molecule has 0 saturated carbocycles. The van der Waals surface area contributed by atoms with Crippen LogP contribution in [0.5, 0.6) is 0 Å². The van der Waals surface area contributed by atoms with E-state index in [1.165, 1.54) is 4.90 Å². The van der Waals surface area contributed by atoms with Crippen LogP contribution in [0.3, 0.4) is 0 Å². The highest BCUT2D eigenvalue weighted by atomic mass is 32.2. The topological polar surface area (TPSA) is 66.5 Å². The molecule has 0 aromatic heterocycles. The number of thioether (sulfide) groups is 1. The lowest BCUT2D eigenvalue weighted by Gasteiger charge is -2.18. The number of hydrogen-bond acceptors (Lipinski definition) is 4. The van der Waals surface area contributed by atoms with Crippen molar-refractivity contribution in [2.24, 2.45) is 5.73 Å². The van der Waals surface area contributed by atoms with Crippen molar-refractivity contribution in [2.45, 2.75) is 36.8 Å². The molecule has 0 aliphatic carbocycles. The Kier molecular flexibility index (Phi) is 6.58. The van der Waals surface area contributed by atoms with E-state index in [-0.39, 0.29) is 6.61 Å². The zero-order valence-corrected chi connectivity index (χ0v) is 11.0. The maximum absolute atomic E-state index is 9.94. The Balaban J connectivity index is 2.60. The molecule has 1 aromatic rings. The number of nitrogens with two attached hydrogens (primary N) is 1. The number of hydrogen-bond donors (Lipinski definition) is 3. The molecule has 2 unspecified atom stereocenters. The molecule has 0 fully saturated rings. The Morgan fingerprint density at radius 2 is 1.94 bits per heavy atom. The molecule has 4 N–H and O–H groups in total. The van der Waals surface area contributed by atoms with Gasteiger partial charge in [0.2, 0.25) is 0 Å². The maximum atomic E-state index is 9.94. The van der Waals surface area contributed by atoms with Gasteiger partial charge in [-0.3, -0.25) is 0 Å². The third-order valence-electron chi connectivity index (χ3n) is 2.56. The lowest BCUT2D eigenvalue weighted by atomic mass is 10.0. The average Bonchev–Trinajstić information content (AvgIpc) is 2.36. The first kappa shape index (κ1) is 14.5. The van der Waals surface area contributed by atoms with Crippen molar-refractivity contribution in [1.82, 2.24) is 0 Å². The van der Waals surface area contributed by atoms with Gasteiger partial charge in [-0.25, -0.2) is 0 Å². The van der Waals surface area contributed by atoms with Crippen molar-refractivity contribution in [2.75, 3.05) is 12.4 Å². The van der Waals surface area contributed by atoms with Gasteiger partial charge in [0.15, 0.2) is 0 Å². The molecule has 2 atom stereocenters. The molecule has 3 nitrogen and oxygen atoms in total. The lowest BCUT2D eigenvalue weighted by molar-refractivity contribution is 0.129. The summed E-state index contributed by atoms with van der Waals surface area (Å²) < 4.78 is 0. The fourth-order valence-corrected chi connectivity index (χ4v) is 2.30. The van der Waals surface area contributed by atoms with Gasteiger partial charge in [-0.1, -0.05) is 19.1 Å². The molecule has 0 saturated heterocycles. The van der Waals surface area contributed by atoms with Crippen LogP contribution in [0.25, 0.3) is 0 Å². The summed E-state index contributed by atoms with van der Waals surface area (Å²) in [5.41, 5.74) is 6.57. The fourth-order valence-electron chi connectivity index (χ4n) is 1.54. The molecule has 1 aromatic carbocycles. The Hall–Kier alpha value is -0.550. The molecule has 17 heavy (non-hydrogen) atoms. The Morgan fingerprint density at radius 1 is 1.29 bits per heavy atom. The van der Waals surface area contributed by atoms with Crippen molar-refractivity contribution in [3.05, 3.63) is 29.8 Å². The van der Waals surface area contributed by atoms with E-state index in [2.05, 4.69) is 6.92 Å². The Labute approximate surface area is 107 Å². The highest BCUT2D eigenvalue weighted by molar-refractivity contribution is 7.99. The first-order valence-corrected chi connectivity index (χ1v) is 6.94. The van der Waals surface area contributed by atoms with Crippen LogP contribution in [-0.2, 0) is 0 Å². The molecule has 0 aliphatic rings. The highest BCUT2D eigenvalue weighted by Crippen LogP contribution is 2.23. The Morgan fingerprint density at radius 3 is 2.47 bits per heavy atom. The second-order valence-electron chi connectivity index (χ2n) is 4.04. The summed E-state index contributed by atoms with van der Waals surface area (Å²) in [7, 11) is 0. The summed E-state index contributed by atoms with van der Waals surface area (Å²) in [6.45, 7) is 2.15. The number of rotatable bonds is 7. The van der Waals surface area contributed by atoms with Crippen molar-refractivity contribution < 1.29 is 10.2 Å². The summed E-state index contributed by atoms with van der Waals surface area (Å²) in [5.74, 6) is 1.10. The molecule has 0 bridgehead atoms. The predicted molar refractivity (Wildman–Crippen MR) is 72.1 cm³/mol. The Bertz CT molecular complexity index is 316. The van der Waals surface area contributed by atoms with Crippen LogP contribution in [0.15, 0.2) is 29.2 Å². The summed E-state index contributed by atoms with van der Waals surface area (Å²) in [5, 5.41) is 18.7. The van der Waals surface area contributed by atoms with Crippen LogP contribution in [0.1, 0.15) is 31.4 Å². The zero-order chi connectivity index (χ0) is 12.7. The molecular weight excluding hydrogens is 234 g/mol. The zero-order valence-electron chi connectivity index (χ0n) is 10.2. The van der Waals surface area contributed by atoms with Crippen LogP contribution in [0.4, 0.5) is 0 Å². The third-order valence-corrected chi connectivity index (χ3v) is 3.78. The van der Waals surface area contributed by atoms with Gasteiger partial charge in [0, 0.05) is 17.5 Å². The largest absolute Gasteiger partial charge is 0.396 e. The van der Waals surface area contributed by atoms with Gasteiger partial charge in [-0.05, 0) is 36.3 Å². The van der Waals surface area contributed by atoms with E-state index in [9.17, 15) is 5.11 Å². The normalized spacial score (nSPS) is 14.6. The summed E-state index contributed by atoms with van der Waals surface area (Å²) in [6.07, 6.45) is 0.858. The van der Waals surface area contributed by atoms with E-state index in [0.29, 0.717) is 6.42 Å². The van der Waals surface area contributed by atoms with Gasteiger partial charge < -0.3 is 15.9 Å². The second kappa shape index (κ2) is 7.71. The average molecular weight is 255 g/mol. The maximum Gasteiger partial charge on any atom is 0.0941 e. The van der Waals surface area contributed by atoms with Gasteiger partial charge in [-0.15, -0.1) is 11.8 Å². The van der Waals surface area contributed by atoms with Crippen LogP contribution < -0.4 is 5.73 Å². The van der Waals surface area contributed by atoms with Crippen LogP contribution in [0, 0.1) is 0 Å². The van der Waals surface area contributed by atoms with Crippen molar-refractivity contribution in [3.63, 3.8) is 0 Å². The summed E-state index contributed by atoms with van der Waals surface area (Å²) in [6, 6.07) is 7.41. The smallest absolute Gasteiger partial charge is 0.0941 e. The quantitative estimate of drug-likeness (QED) is 0.651. The molecule has 96 valence electrons. The minimum atomic E-state index is -0.702. The van der Waals surface area contributed by atoms with Gasteiger partial charge in [-0.2, -0.15) is 0 Å². The first-order valence-electron chi connectivity index (χ1n) is 5.96. The van der Waals surface area contributed by atoms with Crippen molar-refractivity contribution >= 4 is 11.8 Å². The van der Waals surface area contributed by atoms with E-state index in [1.54, 1.807) is 11.8 Å². The molecule has 0 heterocycles. The van der Waals surface area contributed by atoms with Crippen molar-refractivity contribution in [1.29, 1.82) is 0 Å². The lowest BCUT2D eigenvalue weighted by Crippen LogP contribution is -2.29. The van der Waals surface area contributed by atoms with E-state index in [0.717, 1.165) is 17.7 Å². The van der Waals surface area contributed by atoms with Gasteiger partial charge in [0.05, 0.1) is 6.10 Å². The molecule has 0 radical (unpaired) electrons. The van der Waals surface area contributed by atoms with E-state index >= 15 is 0 Å². The number of aliphatic hydroxyl groups is 2. The monoisotopic (exact) mass is 255 g/mol. The highest BCUT2D eigenvalue weighted by Gasteiger charge is 2.15. The number of aliphatic hydroxyl groups excluding tert-OH is 2. The van der Waals surface area contributed by atoms with E-state index < -0.39 is 12.1 Å². The van der Waals surface area contributed by atoms with Crippen LogP contribution in [-0.4, -0.2) is 28.6 Å². The standard InChI is InChI=1S/C13H21NO2S/c1-2-9-17-11-5-3-10(4-6-11)13(16)12(14)7-8-15/h3-6,12-13,15-16H,2,7-9,14H2,1H3. The minimum absolute atomic E-state index is 0.00264. The summed E-state index contributed by atoms with van der Waals surface area (Å²) in [4.78, 5) is 1.21. The fraction of sp³-hybridized carbons (Fsp3) is 0.538. The predicted octanol–water partition coefficient (Wildman–Crippen LogP) is 1.93. The van der Waals surface area contributed by atoms with Crippen molar-refractivity contribution in [3.8, 4) is 0 Å².